The number of carbonyl (C=O) groups is 1. The maximum absolute atomic E-state index is 12.3. The molecule has 0 spiro atoms. The zero-order chi connectivity index (χ0) is 16.1. The maximum Gasteiger partial charge on any atom is 0.224 e. The highest BCUT2D eigenvalue weighted by Crippen LogP contribution is 2.25. The van der Waals surface area contributed by atoms with Crippen LogP contribution in [0.2, 0.25) is 0 Å². The second-order valence-corrected chi connectivity index (χ2v) is 7.67. The Bertz CT molecular complexity index is 446. The van der Waals surface area contributed by atoms with Gasteiger partial charge in [-0.2, -0.15) is 0 Å². The number of hydrogen-bond acceptors (Lipinski definition) is 2. The van der Waals surface area contributed by atoms with Crippen LogP contribution >= 0.6 is 0 Å². The normalized spacial score (nSPS) is 13.8. The van der Waals surface area contributed by atoms with E-state index in [0.717, 1.165) is 6.42 Å². The van der Waals surface area contributed by atoms with E-state index < -0.39 is 0 Å². The van der Waals surface area contributed by atoms with Gasteiger partial charge in [0.15, 0.2) is 0 Å². The standard InChI is InChI=1S/C18H30N2O/c1-17(2,3)11-14(12-19)16(21)20-13-18(4,5)15-9-7-6-8-10-15/h6-10,14H,11-13,19H2,1-5H3,(H,20,21). The van der Waals surface area contributed by atoms with Gasteiger partial charge in [0.1, 0.15) is 0 Å². The summed E-state index contributed by atoms with van der Waals surface area (Å²) in [6.07, 6.45) is 0.807. The van der Waals surface area contributed by atoms with Gasteiger partial charge >= 0.3 is 0 Å². The van der Waals surface area contributed by atoms with Gasteiger partial charge in [-0.25, -0.2) is 0 Å². The summed E-state index contributed by atoms with van der Waals surface area (Å²) in [5, 5.41) is 3.08. The minimum Gasteiger partial charge on any atom is -0.355 e. The maximum atomic E-state index is 12.3. The number of carbonyl (C=O) groups excluding carboxylic acids is 1. The highest BCUT2D eigenvalue weighted by Gasteiger charge is 2.26. The van der Waals surface area contributed by atoms with Crippen molar-refractivity contribution >= 4 is 5.91 Å². The van der Waals surface area contributed by atoms with Crippen LogP contribution in [0.5, 0.6) is 0 Å². The first-order valence-electron chi connectivity index (χ1n) is 7.69. The Morgan fingerprint density at radius 3 is 2.19 bits per heavy atom. The van der Waals surface area contributed by atoms with Gasteiger partial charge in [0.05, 0.1) is 5.92 Å². The van der Waals surface area contributed by atoms with Crippen molar-refractivity contribution in [3.05, 3.63) is 35.9 Å². The summed E-state index contributed by atoms with van der Waals surface area (Å²) in [4.78, 5) is 12.3. The van der Waals surface area contributed by atoms with Crippen molar-refractivity contribution in [2.24, 2.45) is 17.1 Å². The second-order valence-electron chi connectivity index (χ2n) is 7.67. The minimum atomic E-state index is -0.114. The quantitative estimate of drug-likeness (QED) is 0.846. The highest BCUT2D eigenvalue weighted by molar-refractivity contribution is 5.79. The Labute approximate surface area is 129 Å². The summed E-state index contributed by atoms with van der Waals surface area (Å²) >= 11 is 0. The van der Waals surface area contributed by atoms with Crippen LogP contribution in [0.4, 0.5) is 0 Å². The minimum absolute atomic E-state index is 0.0661. The zero-order valence-corrected chi connectivity index (χ0v) is 14.1. The van der Waals surface area contributed by atoms with Crippen molar-refractivity contribution in [2.75, 3.05) is 13.1 Å². The Morgan fingerprint density at radius 2 is 1.71 bits per heavy atom. The fraction of sp³-hybridized carbons (Fsp3) is 0.611. The van der Waals surface area contributed by atoms with E-state index in [9.17, 15) is 4.79 Å². The van der Waals surface area contributed by atoms with E-state index in [-0.39, 0.29) is 22.7 Å². The number of nitrogens with two attached hydrogens (primary N) is 1. The lowest BCUT2D eigenvalue weighted by molar-refractivity contribution is -0.125. The molecule has 0 heterocycles. The molecule has 118 valence electrons. The van der Waals surface area contributed by atoms with Gasteiger partial charge < -0.3 is 11.1 Å². The van der Waals surface area contributed by atoms with Crippen LogP contribution in [-0.2, 0) is 10.2 Å². The molecule has 0 aliphatic carbocycles. The predicted octanol–water partition coefficient (Wildman–Crippen LogP) is 3.09. The lowest BCUT2D eigenvalue weighted by Gasteiger charge is -2.28. The molecular weight excluding hydrogens is 260 g/mol. The monoisotopic (exact) mass is 290 g/mol. The molecule has 1 aromatic rings. The van der Waals surface area contributed by atoms with Gasteiger partial charge in [0.2, 0.25) is 5.91 Å². The van der Waals surface area contributed by atoms with Crippen LogP contribution in [0, 0.1) is 11.3 Å². The molecule has 21 heavy (non-hydrogen) atoms. The second kappa shape index (κ2) is 7.08. The van der Waals surface area contributed by atoms with E-state index in [1.165, 1.54) is 5.56 Å². The molecule has 1 atom stereocenters. The SMILES string of the molecule is CC(C)(C)CC(CN)C(=O)NCC(C)(C)c1ccccc1. The van der Waals surface area contributed by atoms with Crippen LogP contribution < -0.4 is 11.1 Å². The van der Waals surface area contributed by atoms with Gasteiger partial charge in [0.25, 0.3) is 0 Å². The molecule has 0 aromatic heterocycles. The predicted molar refractivity (Wildman–Crippen MR) is 89.1 cm³/mol. The van der Waals surface area contributed by atoms with E-state index in [0.29, 0.717) is 13.1 Å². The van der Waals surface area contributed by atoms with Crippen molar-refractivity contribution in [3.8, 4) is 0 Å². The van der Waals surface area contributed by atoms with E-state index >= 15 is 0 Å². The van der Waals surface area contributed by atoms with Crippen LogP contribution in [0.3, 0.4) is 0 Å². The Balaban J connectivity index is 2.63. The molecule has 0 aliphatic rings. The number of benzene rings is 1. The molecule has 1 rings (SSSR count). The van der Waals surface area contributed by atoms with Crippen molar-refractivity contribution in [1.82, 2.24) is 5.32 Å². The van der Waals surface area contributed by atoms with Crippen LogP contribution in [0.1, 0.15) is 46.6 Å². The van der Waals surface area contributed by atoms with Crippen LogP contribution in [0.15, 0.2) is 30.3 Å². The number of nitrogens with one attached hydrogen (secondary N) is 1. The fourth-order valence-corrected chi connectivity index (χ4v) is 2.47. The summed E-state index contributed by atoms with van der Waals surface area (Å²) < 4.78 is 0. The first-order valence-corrected chi connectivity index (χ1v) is 7.69. The molecule has 0 saturated carbocycles. The fourth-order valence-electron chi connectivity index (χ4n) is 2.47. The third-order valence-electron chi connectivity index (χ3n) is 3.77. The molecule has 1 aromatic carbocycles. The summed E-state index contributed by atoms with van der Waals surface area (Å²) in [7, 11) is 0. The van der Waals surface area contributed by atoms with Crippen molar-refractivity contribution in [2.45, 2.75) is 46.5 Å². The number of hydrogen-bond donors (Lipinski definition) is 2. The number of rotatable bonds is 6. The molecule has 3 N–H and O–H groups in total. The molecule has 3 nitrogen and oxygen atoms in total. The molecular formula is C18H30N2O. The van der Waals surface area contributed by atoms with Gasteiger partial charge in [-0.05, 0) is 17.4 Å². The lowest BCUT2D eigenvalue weighted by Crippen LogP contribution is -2.42. The van der Waals surface area contributed by atoms with Crippen molar-refractivity contribution < 1.29 is 4.79 Å². The first-order chi connectivity index (χ1) is 9.65. The van der Waals surface area contributed by atoms with Crippen LogP contribution in [-0.4, -0.2) is 19.0 Å². The summed E-state index contributed by atoms with van der Waals surface area (Å²) in [6.45, 7) is 11.7. The van der Waals surface area contributed by atoms with E-state index in [1.807, 2.05) is 18.2 Å². The van der Waals surface area contributed by atoms with Gasteiger partial charge in [-0.1, -0.05) is 65.0 Å². The Hall–Kier alpha value is -1.35. The molecule has 0 bridgehead atoms. The lowest BCUT2D eigenvalue weighted by atomic mass is 9.83. The largest absolute Gasteiger partial charge is 0.355 e. The third-order valence-corrected chi connectivity index (χ3v) is 3.77. The molecule has 3 heteroatoms. The summed E-state index contributed by atoms with van der Waals surface area (Å²) in [5.74, 6) is -0.0481. The van der Waals surface area contributed by atoms with Crippen LogP contribution in [0.25, 0.3) is 0 Å². The Morgan fingerprint density at radius 1 is 1.14 bits per heavy atom. The third kappa shape index (κ3) is 5.88. The summed E-state index contributed by atoms with van der Waals surface area (Å²) in [6, 6.07) is 10.3. The topological polar surface area (TPSA) is 55.1 Å². The Kier molecular flexibility index (Phi) is 5.97. The van der Waals surface area contributed by atoms with Gasteiger partial charge in [-0.3, -0.25) is 4.79 Å². The number of amides is 1. The van der Waals surface area contributed by atoms with E-state index in [1.54, 1.807) is 0 Å². The average molecular weight is 290 g/mol. The van der Waals surface area contributed by atoms with Gasteiger partial charge in [0, 0.05) is 18.5 Å². The van der Waals surface area contributed by atoms with E-state index in [4.69, 9.17) is 5.73 Å². The van der Waals surface area contributed by atoms with E-state index in [2.05, 4.69) is 52.1 Å². The van der Waals surface area contributed by atoms with Crippen molar-refractivity contribution in [1.29, 1.82) is 0 Å². The average Bonchev–Trinajstić information content (AvgIpc) is 2.42. The molecule has 0 saturated heterocycles. The van der Waals surface area contributed by atoms with Gasteiger partial charge in [-0.15, -0.1) is 0 Å². The molecule has 1 unspecified atom stereocenters. The van der Waals surface area contributed by atoms with Crippen molar-refractivity contribution in [3.63, 3.8) is 0 Å². The molecule has 0 radical (unpaired) electrons. The summed E-state index contributed by atoms with van der Waals surface area (Å²) in [5.41, 5.74) is 7.02. The first kappa shape index (κ1) is 17.7. The molecule has 0 fully saturated rings. The zero-order valence-electron chi connectivity index (χ0n) is 14.1. The molecule has 1 amide bonds. The smallest absolute Gasteiger partial charge is 0.224 e. The molecule has 0 aliphatic heterocycles. The highest BCUT2D eigenvalue weighted by atomic mass is 16.1.